The number of alkyl halides is 2. The van der Waals surface area contributed by atoms with Gasteiger partial charge in [0.25, 0.3) is 0 Å². The summed E-state index contributed by atoms with van der Waals surface area (Å²) in [5, 5.41) is 14.0. The number of rotatable bonds is 5. The van der Waals surface area contributed by atoms with E-state index in [-0.39, 0.29) is 28.9 Å². The maximum absolute atomic E-state index is 13.2. The van der Waals surface area contributed by atoms with Gasteiger partial charge in [0, 0.05) is 10.8 Å². The van der Waals surface area contributed by atoms with Gasteiger partial charge in [-0.15, -0.1) is 45.9 Å². The van der Waals surface area contributed by atoms with E-state index in [1.807, 2.05) is 13.8 Å². The lowest BCUT2D eigenvalue weighted by Gasteiger charge is -2.26. The third-order valence-electron chi connectivity index (χ3n) is 5.50. The third kappa shape index (κ3) is 7.61. The SMILES string of the molecule is CC(C)C1OC(=O)[C@@H](C)[C@H](CCCC(C)(Cl)Cl)OC(=O)c2csc(n2)[C@H](O)COC(=O)c2csc1n2. The smallest absolute Gasteiger partial charge is 0.358 e. The maximum atomic E-state index is 13.2. The Morgan fingerprint density at radius 3 is 2.33 bits per heavy atom. The van der Waals surface area contributed by atoms with Crippen LogP contribution in [0.3, 0.4) is 0 Å². The van der Waals surface area contributed by atoms with E-state index in [1.165, 1.54) is 10.8 Å². The van der Waals surface area contributed by atoms with E-state index in [0.29, 0.717) is 24.3 Å². The molecule has 1 aliphatic heterocycles. The van der Waals surface area contributed by atoms with Crippen molar-refractivity contribution in [3.63, 3.8) is 0 Å². The van der Waals surface area contributed by atoms with Gasteiger partial charge < -0.3 is 19.3 Å². The molecular formula is C23H28Cl2N2O7S2. The van der Waals surface area contributed by atoms with Gasteiger partial charge in [-0.1, -0.05) is 13.8 Å². The molecule has 198 valence electrons. The third-order valence-corrected chi connectivity index (χ3v) is 7.73. The highest BCUT2D eigenvalue weighted by molar-refractivity contribution is 7.10. The van der Waals surface area contributed by atoms with Crippen LogP contribution >= 0.6 is 45.9 Å². The van der Waals surface area contributed by atoms with Crippen molar-refractivity contribution in [3.05, 3.63) is 32.2 Å². The van der Waals surface area contributed by atoms with Gasteiger partial charge in [-0.2, -0.15) is 0 Å². The van der Waals surface area contributed by atoms with Gasteiger partial charge in [0.15, 0.2) is 17.5 Å². The Balaban J connectivity index is 1.93. The van der Waals surface area contributed by atoms with Crippen LogP contribution in [0.2, 0.25) is 0 Å². The molecular weight excluding hydrogens is 551 g/mol. The van der Waals surface area contributed by atoms with Gasteiger partial charge in [0.05, 0.1) is 5.92 Å². The molecule has 3 rings (SSSR count). The van der Waals surface area contributed by atoms with Crippen molar-refractivity contribution >= 4 is 63.8 Å². The van der Waals surface area contributed by atoms with Crippen LogP contribution in [0.5, 0.6) is 0 Å². The van der Waals surface area contributed by atoms with E-state index >= 15 is 0 Å². The van der Waals surface area contributed by atoms with E-state index in [4.69, 9.17) is 37.4 Å². The number of thiazole rings is 2. The zero-order valence-corrected chi connectivity index (χ0v) is 23.4. The summed E-state index contributed by atoms with van der Waals surface area (Å²) in [4.78, 5) is 46.9. The number of nitrogens with zero attached hydrogens (tertiary/aromatic N) is 2. The highest BCUT2D eigenvalue weighted by Crippen LogP contribution is 2.32. The first-order chi connectivity index (χ1) is 16.9. The van der Waals surface area contributed by atoms with Gasteiger partial charge in [-0.05, 0) is 39.0 Å². The number of carbonyl (C=O) groups is 3. The molecule has 0 saturated carbocycles. The lowest BCUT2D eigenvalue weighted by Crippen LogP contribution is -2.33. The average Bonchev–Trinajstić information content (AvgIpc) is 3.48. The Hall–Kier alpha value is -1.79. The van der Waals surface area contributed by atoms with Crippen molar-refractivity contribution in [1.82, 2.24) is 9.97 Å². The molecule has 0 radical (unpaired) electrons. The van der Waals surface area contributed by atoms with E-state index in [1.54, 1.807) is 13.8 Å². The van der Waals surface area contributed by atoms with Crippen LogP contribution in [0, 0.1) is 11.8 Å². The molecule has 9 nitrogen and oxygen atoms in total. The van der Waals surface area contributed by atoms with E-state index in [0.717, 1.165) is 22.7 Å². The molecule has 2 aromatic rings. The molecule has 1 N–H and O–H groups in total. The van der Waals surface area contributed by atoms with Crippen molar-refractivity contribution in [2.45, 2.75) is 69.6 Å². The zero-order chi connectivity index (χ0) is 26.6. The summed E-state index contributed by atoms with van der Waals surface area (Å²) in [5.74, 6) is -3.04. The Labute approximate surface area is 227 Å². The highest BCUT2D eigenvalue weighted by Gasteiger charge is 2.34. The largest absolute Gasteiger partial charge is 0.458 e. The molecule has 0 amide bonds. The fourth-order valence-corrected chi connectivity index (χ4v) is 5.44. The predicted octanol–water partition coefficient (Wildman–Crippen LogP) is 5.27. The number of fused-ring (bicyclic) bond motifs is 4. The summed E-state index contributed by atoms with van der Waals surface area (Å²) < 4.78 is 15.7. The van der Waals surface area contributed by atoms with Crippen molar-refractivity contribution in [2.75, 3.05) is 6.61 Å². The molecule has 1 unspecified atom stereocenters. The molecule has 13 heteroatoms. The number of halogens is 2. The number of ether oxygens (including phenoxy) is 3. The van der Waals surface area contributed by atoms with Crippen LogP contribution in [-0.4, -0.2) is 50.0 Å². The predicted molar refractivity (Wildman–Crippen MR) is 135 cm³/mol. The molecule has 4 bridgehead atoms. The summed E-state index contributed by atoms with van der Waals surface area (Å²) in [5.41, 5.74) is 0.0150. The fraction of sp³-hybridized carbons (Fsp3) is 0.609. The summed E-state index contributed by atoms with van der Waals surface area (Å²) >= 11 is 14.4. The van der Waals surface area contributed by atoms with Crippen molar-refractivity contribution in [3.8, 4) is 0 Å². The first kappa shape index (κ1) is 28.8. The topological polar surface area (TPSA) is 125 Å². The number of esters is 3. The molecule has 2 aromatic heterocycles. The Morgan fingerprint density at radius 2 is 1.69 bits per heavy atom. The molecule has 0 aliphatic carbocycles. The Bertz CT molecular complexity index is 1080. The van der Waals surface area contributed by atoms with E-state index in [2.05, 4.69) is 9.97 Å². The molecule has 3 heterocycles. The van der Waals surface area contributed by atoms with Crippen molar-refractivity contribution in [1.29, 1.82) is 0 Å². The minimum Gasteiger partial charge on any atom is -0.458 e. The van der Waals surface area contributed by atoms with Gasteiger partial charge in [-0.3, -0.25) is 4.79 Å². The molecule has 1 aliphatic rings. The van der Waals surface area contributed by atoms with Crippen LogP contribution in [0.4, 0.5) is 0 Å². The number of carbonyl (C=O) groups excluding carboxylic acids is 3. The number of aliphatic hydroxyl groups excluding tert-OH is 1. The number of cyclic esters (lactones) is 3. The molecule has 0 spiro atoms. The van der Waals surface area contributed by atoms with Crippen molar-refractivity contribution < 1.29 is 33.7 Å². The summed E-state index contributed by atoms with van der Waals surface area (Å²) in [7, 11) is 0. The standard InChI is InChI=1S/C23H28Cl2N2O7S2/c1-11(2)17-19-27-13(9-36-19)21(30)32-8-15(28)18-26-14(10-35-18)22(31)33-16(12(3)20(29)34-17)6-5-7-23(4,24)25/h9-12,15-17,28H,5-8H2,1-4H3/t12-,15+,16-,17?/m0/s1. The molecule has 36 heavy (non-hydrogen) atoms. The number of aliphatic hydroxyl groups is 1. The zero-order valence-electron chi connectivity index (χ0n) is 20.2. The second-order valence-corrected chi connectivity index (χ2v) is 12.7. The summed E-state index contributed by atoms with van der Waals surface area (Å²) in [6.45, 7) is 6.63. The van der Waals surface area contributed by atoms with E-state index < -0.39 is 46.5 Å². The average molecular weight is 580 g/mol. The highest BCUT2D eigenvalue weighted by atomic mass is 35.5. The molecule has 0 fully saturated rings. The molecule has 0 aromatic carbocycles. The van der Waals surface area contributed by atoms with Crippen molar-refractivity contribution in [2.24, 2.45) is 11.8 Å². The minimum absolute atomic E-state index is 0.0291. The molecule has 0 saturated heterocycles. The monoisotopic (exact) mass is 578 g/mol. The minimum atomic E-state index is -1.23. The number of hydrogen-bond acceptors (Lipinski definition) is 11. The second kappa shape index (κ2) is 12.2. The fourth-order valence-electron chi connectivity index (χ4n) is 3.42. The van der Waals surface area contributed by atoms with Crippen LogP contribution in [0.15, 0.2) is 10.8 Å². The molecule has 4 atom stereocenters. The summed E-state index contributed by atoms with van der Waals surface area (Å²) in [6, 6.07) is 0. The second-order valence-electron chi connectivity index (χ2n) is 9.05. The lowest BCUT2D eigenvalue weighted by atomic mass is 9.98. The first-order valence-electron chi connectivity index (χ1n) is 11.4. The number of aromatic nitrogens is 2. The lowest BCUT2D eigenvalue weighted by molar-refractivity contribution is -0.160. The van der Waals surface area contributed by atoms with Gasteiger partial charge in [0.1, 0.15) is 33.2 Å². The van der Waals surface area contributed by atoms with Crippen LogP contribution in [0.1, 0.15) is 90.2 Å². The van der Waals surface area contributed by atoms with Crippen LogP contribution in [0.25, 0.3) is 0 Å². The van der Waals surface area contributed by atoms with E-state index in [9.17, 15) is 19.5 Å². The quantitative estimate of drug-likeness (QED) is 0.287. The van der Waals surface area contributed by atoms with Gasteiger partial charge in [-0.25, -0.2) is 19.6 Å². The Morgan fingerprint density at radius 1 is 1.08 bits per heavy atom. The maximum Gasteiger partial charge on any atom is 0.358 e. The van der Waals surface area contributed by atoms with Gasteiger partial charge in [0.2, 0.25) is 0 Å². The summed E-state index contributed by atoms with van der Waals surface area (Å²) in [6.07, 6.45) is -1.57. The first-order valence-corrected chi connectivity index (χ1v) is 13.9. The van der Waals surface area contributed by atoms with Gasteiger partial charge >= 0.3 is 17.9 Å². The normalized spacial score (nSPS) is 24.2. The van der Waals surface area contributed by atoms with Crippen LogP contribution < -0.4 is 0 Å². The Kier molecular flexibility index (Phi) is 9.73. The number of hydrogen-bond donors (Lipinski definition) is 1. The van der Waals surface area contributed by atoms with Crippen LogP contribution in [-0.2, 0) is 19.0 Å².